The predicted molar refractivity (Wildman–Crippen MR) is 97.5 cm³/mol. The number of rotatable bonds is 8. The zero-order valence-corrected chi connectivity index (χ0v) is 15.9. The van der Waals surface area contributed by atoms with Crippen molar-refractivity contribution in [1.29, 1.82) is 0 Å². The van der Waals surface area contributed by atoms with Crippen LogP contribution in [-0.4, -0.2) is 68.0 Å². The number of methoxy groups -OCH3 is 2. The van der Waals surface area contributed by atoms with Crippen LogP contribution in [-0.2, 0) is 9.59 Å². The number of aliphatic hydroxyl groups excluding tert-OH is 1. The molecule has 1 aromatic carbocycles. The number of amides is 1. The third-order valence-corrected chi connectivity index (χ3v) is 4.44. The number of carbonyl (C=O) groups excluding carboxylic acids is 2. The van der Waals surface area contributed by atoms with Gasteiger partial charge in [0.15, 0.2) is 23.0 Å². The largest absolute Gasteiger partial charge is 0.503 e. The maximum absolute atomic E-state index is 12.7. The minimum Gasteiger partial charge on any atom is -0.503 e. The molecule has 0 aromatic heterocycles. The fourth-order valence-electron chi connectivity index (χ4n) is 3.12. The second-order valence-corrected chi connectivity index (χ2v) is 6.33. The molecule has 7 nitrogen and oxygen atoms in total. The van der Waals surface area contributed by atoms with Crippen LogP contribution in [0.2, 0.25) is 0 Å². The van der Waals surface area contributed by atoms with Crippen LogP contribution in [0.3, 0.4) is 0 Å². The minimum atomic E-state index is -0.708. The Bertz CT molecular complexity index is 727. The number of benzene rings is 1. The van der Waals surface area contributed by atoms with Crippen LogP contribution in [0.25, 0.3) is 0 Å². The van der Waals surface area contributed by atoms with E-state index in [2.05, 4.69) is 0 Å². The van der Waals surface area contributed by atoms with E-state index in [1.165, 1.54) is 19.1 Å². The van der Waals surface area contributed by atoms with Gasteiger partial charge in [-0.05, 0) is 20.2 Å². The number of nitrogens with zero attached hydrogens (tertiary/aromatic N) is 2. The highest BCUT2D eigenvalue weighted by Gasteiger charge is 2.44. The number of aliphatic hydroxyl groups is 1. The highest BCUT2D eigenvalue weighted by molar-refractivity contribution is 6.09. The van der Waals surface area contributed by atoms with Crippen LogP contribution < -0.4 is 9.47 Å². The van der Waals surface area contributed by atoms with Crippen LogP contribution >= 0.6 is 0 Å². The molecule has 1 unspecified atom stereocenters. The van der Waals surface area contributed by atoms with E-state index in [0.717, 1.165) is 0 Å². The maximum Gasteiger partial charge on any atom is 0.290 e. The topological polar surface area (TPSA) is 79.3 Å². The van der Waals surface area contributed by atoms with E-state index in [9.17, 15) is 14.7 Å². The molecule has 1 N–H and O–H groups in total. The Morgan fingerprint density at radius 1 is 1.27 bits per heavy atom. The Kier molecular flexibility index (Phi) is 6.26. The fraction of sp³-hybridized carbons (Fsp3) is 0.474. The molecule has 142 valence electrons. The van der Waals surface area contributed by atoms with Gasteiger partial charge in [0.2, 0.25) is 0 Å². The fourth-order valence-corrected chi connectivity index (χ4v) is 3.12. The summed E-state index contributed by atoms with van der Waals surface area (Å²) < 4.78 is 10.8. The van der Waals surface area contributed by atoms with Gasteiger partial charge in [-0.2, -0.15) is 0 Å². The zero-order chi connectivity index (χ0) is 19.4. The van der Waals surface area contributed by atoms with Crippen LogP contribution in [0.1, 0.15) is 24.9 Å². The van der Waals surface area contributed by atoms with Crippen molar-refractivity contribution in [2.45, 2.75) is 19.4 Å². The lowest BCUT2D eigenvalue weighted by molar-refractivity contribution is -0.129. The summed E-state index contributed by atoms with van der Waals surface area (Å²) in [5.41, 5.74) is 0.725. The van der Waals surface area contributed by atoms with Gasteiger partial charge in [0.05, 0.1) is 25.8 Å². The van der Waals surface area contributed by atoms with E-state index in [0.29, 0.717) is 30.2 Å². The van der Waals surface area contributed by atoms with E-state index in [1.807, 2.05) is 19.0 Å². The van der Waals surface area contributed by atoms with Crippen molar-refractivity contribution in [3.8, 4) is 11.5 Å². The van der Waals surface area contributed by atoms with Crippen molar-refractivity contribution in [3.05, 3.63) is 35.1 Å². The van der Waals surface area contributed by atoms with Gasteiger partial charge in [-0.1, -0.05) is 19.1 Å². The number of likely N-dealkylation sites (N-methyl/N-ethyl adjacent to an activating group) is 1. The molecule has 1 aliphatic heterocycles. The average Bonchev–Trinajstić information content (AvgIpc) is 2.89. The summed E-state index contributed by atoms with van der Waals surface area (Å²) in [6.45, 7) is 2.66. The van der Waals surface area contributed by atoms with Crippen molar-refractivity contribution in [2.24, 2.45) is 0 Å². The first kappa shape index (κ1) is 19.8. The molecule has 0 saturated carbocycles. The molecule has 2 rings (SSSR count). The van der Waals surface area contributed by atoms with Crippen molar-refractivity contribution >= 4 is 11.7 Å². The van der Waals surface area contributed by atoms with Crippen LogP contribution in [0, 0.1) is 0 Å². The summed E-state index contributed by atoms with van der Waals surface area (Å²) in [7, 11) is 6.82. The number of carbonyl (C=O) groups is 2. The molecule has 0 radical (unpaired) electrons. The lowest BCUT2D eigenvalue weighted by Crippen LogP contribution is -2.36. The van der Waals surface area contributed by atoms with E-state index in [1.54, 1.807) is 25.1 Å². The SMILES string of the molecule is CCC(=O)C1=C(O)C(=O)N(CCN(C)C)C1c1cccc(OC)c1OC. The highest BCUT2D eigenvalue weighted by Crippen LogP contribution is 2.44. The molecular formula is C19H26N2O5. The number of ketones is 1. The van der Waals surface area contributed by atoms with Crippen LogP contribution in [0.4, 0.5) is 0 Å². The molecule has 26 heavy (non-hydrogen) atoms. The third-order valence-electron chi connectivity index (χ3n) is 4.44. The summed E-state index contributed by atoms with van der Waals surface area (Å²) >= 11 is 0. The molecular weight excluding hydrogens is 336 g/mol. The van der Waals surface area contributed by atoms with Gasteiger partial charge in [-0.15, -0.1) is 0 Å². The van der Waals surface area contributed by atoms with Gasteiger partial charge >= 0.3 is 0 Å². The second-order valence-electron chi connectivity index (χ2n) is 6.33. The molecule has 0 bridgehead atoms. The average molecular weight is 362 g/mol. The van der Waals surface area contributed by atoms with Gasteiger partial charge < -0.3 is 24.4 Å². The molecule has 0 saturated heterocycles. The van der Waals surface area contributed by atoms with Gasteiger partial charge in [-0.25, -0.2) is 0 Å². The Hall–Kier alpha value is -2.54. The monoisotopic (exact) mass is 362 g/mol. The number of ether oxygens (including phenoxy) is 2. The minimum absolute atomic E-state index is 0.114. The van der Waals surface area contributed by atoms with Crippen molar-refractivity contribution in [1.82, 2.24) is 9.80 Å². The normalized spacial score (nSPS) is 17.2. The van der Waals surface area contributed by atoms with Crippen molar-refractivity contribution in [2.75, 3.05) is 41.4 Å². The van der Waals surface area contributed by atoms with Crippen molar-refractivity contribution in [3.63, 3.8) is 0 Å². The smallest absolute Gasteiger partial charge is 0.290 e. The first-order chi connectivity index (χ1) is 12.4. The number of hydrogen-bond donors (Lipinski definition) is 1. The van der Waals surface area contributed by atoms with Crippen LogP contribution in [0.15, 0.2) is 29.5 Å². The number of Topliss-reactive ketones (excluding diaryl/α,β-unsaturated/α-hetero) is 1. The lowest BCUT2D eigenvalue weighted by atomic mass is 9.94. The standard InChI is InChI=1S/C19H26N2O5/c1-6-13(22)15-16(12-8-7-9-14(25-4)18(12)26-5)21(11-10-20(2)3)19(24)17(15)23/h7-9,16,23H,6,10-11H2,1-5H3. The molecule has 0 spiro atoms. The molecule has 1 amide bonds. The van der Waals surface area contributed by atoms with Gasteiger partial charge in [0.1, 0.15) is 0 Å². The number of para-hydroxylation sites is 1. The lowest BCUT2D eigenvalue weighted by Gasteiger charge is -2.29. The molecule has 1 aromatic rings. The second kappa shape index (κ2) is 8.23. The summed E-state index contributed by atoms with van der Waals surface area (Å²) in [5.74, 6) is -0.347. The molecule has 1 atom stereocenters. The third kappa shape index (κ3) is 3.53. The van der Waals surface area contributed by atoms with Gasteiger partial charge in [0.25, 0.3) is 5.91 Å². The molecule has 0 aliphatic carbocycles. The van der Waals surface area contributed by atoms with E-state index in [4.69, 9.17) is 9.47 Å². The van der Waals surface area contributed by atoms with E-state index < -0.39 is 17.7 Å². The Balaban J connectivity index is 2.61. The van der Waals surface area contributed by atoms with E-state index >= 15 is 0 Å². The molecule has 7 heteroatoms. The highest BCUT2D eigenvalue weighted by atomic mass is 16.5. The molecule has 1 aliphatic rings. The summed E-state index contributed by atoms with van der Waals surface area (Å²) in [6.07, 6.45) is 0.191. The molecule has 0 fully saturated rings. The van der Waals surface area contributed by atoms with Gasteiger partial charge in [0, 0.05) is 25.1 Å². The predicted octanol–water partition coefficient (Wildman–Crippen LogP) is 1.94. The summed E-state index contributed by atoms with van der Waals surface area (Å²) in [5, 5.41) is 10.4. The quantitative estimate of drug-likeness (QED) is 0.761. The maximum atomic E-state index is 12.7. The van der Waals surface area contributed by atoms with Gasteiger partial charge in [-0.3, -0.25) is 9.59 Å². The summed E-state index contributed by atoms with van der Waals surface area (Å²) in [4.78, 5) is 28.6. The first-order valence-electron chi connectivity index (χ1n) is 8.50. The Morgan fingerprint density at radius 2 is 1.96 bits per heavy atom. The Labute approximate surface area is 153 Å². The Morgan fingerprint density at radius 3 is 2.50 bits per heavy atom. The van der Waals surface area contributed by atoms with Crippen molar-refractivity contribution < 1.29 is 24.2 Å². The first-order valence-corrected chi connectivity index (χ1v) is 8.50. The molecule has 1 heterocycles. The van der Waals surface area contributed by atoms with E-state index in [-0.39, 0.29) is 17.8 Å². The van der Waals surface area contributed by atoms with Crippen LogP contribution in [0.5, 0.6) is 11.5 Å². The zero-order valence-electron chi connectivity index (χ0n) is 15.9. The summed E-state index contributed by atoms with van der Waals surface area (Å²) in [6, 6.07) is 4.59. The number of hydrogen-bond acceptors (Lipinski definition) is 6.